The third-order valence-corrected chi connectivity index (χ3v) is 6.24. The number of hydrogen-bond donors (Lipinski definition) is 2. The summed E-state index contributed by atoms with van der Waals surface area (Å²) in [6, 6.07) is 5.15. The van der Waals surface area contributed by atoms with E-state index in [9.17, 15) is 9.90 Å². The van der Waals surface area contributed by atoms with E-state index in [-0.39, 0.29) is 11.7 Å². The monoisotopic (exact) mass is 447 g/mol. The van der Waals surface area contributed by atoms with Gasteiger partial charge in [-0.2, -0.15) is 0 Å². The van der Waals surface area contributed by atoms with Crippen LogP contribution in [0.3, 0.4) is 0 Å². The maximum absolute atomic E-state index is 12.0. The fourth-order valence-electron chi connectivity index (χ4n) is 4.13. The van der Waals surface area contributed by atoms with Gasteiger partial charge in [-0.05, 0) is 24.1 Å². The van der Waals surface area contributed by atoms with Gasteiger partial charge in [-0.1, -0.05) is 116 Å². The van der Waals surface area contributed by atoms with Crippen molar-refractivity contribution in [3.63, 3.8) is 0 Å². The number of rotatable bonds is 21. The van der Waals surface area contributed by atoms with Crippen LogP contribution in [0.4, 0.5) is 0 Å². The molecule has 0 aliphatic heterocycles. The first kappa shape index (κ1) is 28.3. The summed E-state index contributed by atoms with van der Waals surface area (Å²) in [5.74, 6) is 0.647. The molecule has 2 N–H and O–H groups in total. The molecule has 0 unspecified atom stereocenters. The minimum absolute atomic E-state index is 0.0954. The van der Waals surface area contributed by atoms with Crippen LogP contribution >= 0.6 is 0 Å². The number of phenols is 1. The Morgan fingerprint density at radius 1 is 0.781 bits per heavy atom. The number of amides is 1. The Kier molecular flexibility index (Phi) is 17.6. The minimum atomic E-state index is 0.0954. The number of nitrogens with one attached hydrogen (secondary N) is 1. The second-order valence-electron chi connectivity index (χ2n) is 9.19. The van der Waals surface area contributed by atoms with Gasteiger partial charge in [0.15, 0.2) is 11.5 Å². The van der Waals surface area contributed by atoms with Gasteiger partial charge in [0.05, 0.1) is 7.11 Å². The van der Waals surface area contributed by atoms with Gasteiger partial charge in [-0.15, -0.1) is 0 Å². The lowest BCUT2D eigenvalue weighted by Crippen LogP contribution is -2.22. The van der Waals surface area contributed by atoms with Gasteiger partial charge in [0.1, 0.15) is 0 Å². The summed E-state index contributed by atoms with van der Waals surface area (Å²) in [5.41, 5.74) is 0.926. The van der Waals surface area contributed by atoms with Gasteiger partial charge in [0, 0.05) is 13.0 Å². The number of carbonyl (C=O) groups excluding carboxylic acids is 1. The van der Waals surface area contributed by atoms with Crippen LogP contribution < -0.4 is 10.1 Å². The third-order valence-electron chi connectivity index (χ3n) is 6.24. The van der Waals surface area contributed by atoms with E-state index >= 15 is 0 Å². The summed E-state index contributed by atoms with van der Waals surface area (Å²) < 4.78 is 5.10. The second-order valence-corrected chi connectivity index (χ2v) is 9.19. The molecule has 0 aromatic heterocycles. The summed E-state index contributed by atoms with van der Waals surface area (Å²) in [6.45, 7) is 2.75. The molecule has 1 amide bonds. The Morgan fingerprint density at radius 2 is 1.25 bits per heavy atom. The molecule has 0 heterocycles. The highest BCUT2D eigenvalue weighted by atomic mass is 16.5. The molecular formula is C28H49NO3. The van der Waals surface area contributed by atoms with Gasteiger partial charge in [0.2, 0.25) is 5.91 Å². The molecule has 0 atom stereocenters. The van der Waals surface area contributed by atoms with Gasteiger partial charge < -0.3 is 15.2 Å². The second kappa shape index (κ2) is 19.9. The first-order chi connectivity index (χ1) is 15.7. The van der Waals surface area contributed by atoms with Crippen LogP contribution in [0.5, 0.6) is 11.5 Å². The molecule has 1 rings (SSSR count). The lowest BCUT2D eigenvalue weighted by Gasteiger charge is -2.08. The van der Waals surface area contributed by atoms with Crippen molar-refractivity contribution in [3.05, 3.63) is 23.8 Å². The molecule has 0 bridgehead atoms. The molecule has 0 saturated heterocycles. The van der Waals surface area contributed by atoms with E-state index in [1.54, 1.807) is 18.2 Å². The van der Waals surface area contributed by atoms with E-state index in [0.717, 1.165) is 18.4 Å². The molecule has 4 nitrogen and oxygen atoms in total. The van der Waals surface area contributed by atoms with Gasteiger partial charge in [0.25, 0.3) is 0 Å². The maximum atomic E-state index is 12.0. The molecule has 1 aromatic rings. The van der Waals surface area contributed by atoms with E-state index in [4.69, 9.17) is 4.74 Å². The molecule has 0 radical (unpaired) electrons. The Morgan fingerprint density at radius 3 is 1.72 bits per heavy atom. The SMILES string of the molecule is CCCCCCCCCCCCCCCCCCCC(=O)NCc1ccc(O)c(OC)c1. The number of phenolic OH excluding ortho intramolecular Hbond substituents is 1. The highest BCUT2D eigenvalue weighted by Gasteiger charge is 2.05. The summed E-state index contributed by atoms with van der Waals surface area (Å²) in [6.07, 6.45) is 23.5. The topological polar surface area (TPSA) is 58.6 Å². The smallest absolute Gasteiger partial charge is 0.220 e. The number of benzene rings is 1. The fourth-order valence-corrected chi connectivity index (χ4v) is 4.13. The molecule has 4 heteroatoms. The van der Waals surface area contributed by atoms with E-state index < -0.39 is 0 Å². The first-order valence-electron chi connectivity index (χ1n) is 13.3. The Labute approximate surface area is 197 Å². The van der Waals surface area contributed by atoms with Crippen LogP contribution in [-0.2, 0) is 11.3 Å². The van der Waals surface area contributed by atoms with Crippen LogP contribution in [0.2, 0.25) is 0 Å². The van der Waals surface area contributed by atoms with Gasteiger partial charge in [-0.3, -0.25) is 4.79 Å². The van der Waals surface area contributed by atoms with E-state index in [2.05, 4.69) is 12.2 Å². The van der Waals surface area contributed by atoms with Crippen LogP contribution in [0.25, 0.3) is 0 Å². The van der Waals surface area contributed by atoms with Crippen molar-refractivity contribution in [2.45, 2.75) is 129 Å². The van der Waals surface area contributed by atoms with Crippen molar-refractivity contribution in [2.24, 2.45) is 0 Å². The van der Waals surface area contributed by atoms with Crippen LogP contribution in [-0.4, -0.2) is 18.1 Å². The third kappa shape index (κ3) is 15.2. The summed E-state index contributed by atoms with van der Waals surface area (Å²) in [4.78, 5) is 12.0. The number of carbonyl (C=O) groups is 1. The van der Waals surface area contributed by atoms with Crippen LogP contribution in [0.15, 0.2) is 18.2 Å². The van der Waals surface area contributed by atoms with Crippen molar-refractivity contribution in [1.29, 1.82) is 0 Å². The number of hydrogen-bond acceptors (Lipinski definition) is 3. The molecule has 1 aromatic carbocycles. The molecule has 0 saturated carbocycles. The Hall–Kier alpha value is -1.71. The van der Waals surface area contributed by atoms with E-state index in [1.807, 2.05) is 0 Å². The number of methoxy groups -OCH3 is 1. The summed E-state index contributed by atoms with van der Waals surface area (Å²) in [7, 11) is 1.52. The zero-order valence-corrected chi connectivity index (χ0v) is 20.9. The van der Waals surface area contributed by atoms with Gasteiger partial charge >= 0.3 is 0 Å². The number of unbranched alkanes of at least 4 members (excludes halogenated alkanes) is 16. The number of aromatic hydroxyl groups is 1. The number of ether oxygens (including phenoxy) is 1. The zero-order valence-electron chi connectivity index (χ0n) is 20.9. The lowest BCUT2D eigenvalue weighted by molar-refractivity contribution is -0.121. The maximum Gasteiger partial charge on any atom is 0.220 e. The standard InChI is InChI=1S/C28H49NO3/c1-3-4-5-6-7-8-9-10-11-12-13-14-15-16-17-18-19-20-28(31)29-24-25-21-22-26(30)27(23-25)32-2/h21-23,30H,3-20,24H2,1-2H3,(H,29,31). The molecule has 0 spiro atoms. The molecular weight excluding hydrogens is 398 g/mol. The predicted octanol–water partition coefficient (Wildman–Crippen LogP) is 8.06. The van der Waals surface area contributed by atoms with Crippen molar-refractivity contribution >= 4 is 5.91 Å². The van der Waals surface area contributed by atoms with Crippen molar-refractivity contribution < 1.29 is 14.6 Å². The van der Waals surface area contributed by atoms with Crippen LogP contribution in [0, 0.1) is 0 Å². The Bertz CT molecular complexity index is 588. The molecule has 184 valence electrons. The lowest BCUT2D eigenvalue weighted by atomic mass is 10.0. The summed E-state index contributed by atoms with van der Waals surface area (Å²) in [5, 5.41) is 12.6. The first-order valence-corrected chi connectivity index (χ1v) is 13.3. The zero-order chi connectivity index (χ0) is 23.3. The average molecular weight is 448 g/mol. The normalized spacial score (nSPS) is 10.9. The highest BCUT2D eigenvalue weighted by molar-refractivity contribution is 5.75. The fraction of sp³-hybridized carbons (Fsp3) is 0.750. The highest BCUT2D eigenvalue weighted by Crippen LogP contribution is 2.26. The van der Waals surface area contributed by atoms with E-state index in [1.165, 1.54) is 103 Å². The molecule has 0 aliphatic carbocycles. The average Bonchev–Trinajstić information content (AvgIpc) is 2.80. The van der Waals surface area contributed by atoms with Crippen LogP contribution in [0.1, 0.15) is 128 Å². The van der Waals surface area contributed by atoms with Crippen molar-refractivity contribution in [1.82, 2.24) is 5.32 Å². The minimum Gasteiger partial charge on any atom is -0.504 e. The van der Waals surface area contributed by atoms with Crippen molar-refractivity contribution in [2.75, 3.05) is 7.11 Å². The molecule has 32 heavy (non-hydrogen) atoms. The van der Waals surface area contributed by atoms with E-state index in [0.29, 0.717) is 18.7 Å². The molecule has 0 fully saturated rings. The molecule has 0 aliphatic rings. The summed E-state index contributed by atoms with van der Waals surface area (Å²) >= 11 is 0. The van der Waals surface area contributed by atoms with Gasteiger partial charge in [-0.25, -0.2) is 0 Å². The Balaban J connectivity index is 1.84. The quantitative estimate of drug-likeness (QED) is 0.187. The largest absolute Gasteiger partial charge is 0.504 e. The van der Waals surface area contributed by atoms with Crippen molar-refractivity contribution in [3.8, 4) is 11.5 Å². The predicted molar refractivity (Wildman–Crippen MR) is 135 cm³/mol.